The second-order valence-corrected chi connectivity index (χ2v) is 5.73. The van der Waals surface area contributed by atoms with Crippen LogP contribution in [0.5, 0.6) is 0 Å². The molecule has 1 aliphatic rings. The molecule has 1 aliphatic heterocycles. The van der Waals surface area contributed by atoms with E-state index in [9.17, 15) is 14.7 Å². The van der Waals surface area contributed by atoms with Crippen molar-refractivity contribution in [3.63, 3.8) is 0 Å². The Hall–Kier alpha value is -3.08. The lowest BCUT2D eigenvalue weighted by molar-refractivity contribution is -0.126. The Balaban J connectivity index is 1.63. The van der Waals surface area contributed by atoms with Crippen LogP contribution in [0.15, 0.2) is 65.9 Å². The lowest BCUT2D eigenvalue weighted by Gasteiger charge is -2.09. The Bertz CT molecular complexity index is 795. The van der Waals surface area contributed by atoms with Gasteiger partial charge in [-0.1, -0.05) is 54.6 Å². The second kappa shape index (κ2) is 6.58. The maximum absolute atomic E-state index is 12.1. The molecule has 0 atom stereocenters. The minimum absolute atomic E-state index is 0.114. The highest BCUT2D eigenvalue weighted by atomic mass is 16.3. The predicted molar refractivity (Wildman–Crippen MR) is 91.0 cm³/mol. The van der Waals surface area contributed by atoms with Crippen molar-refractivity contribution in [1.82, 2.24) is 10.2 Å². The lowest BCUT2D eigenvalue weighted by atomic mass is 10.0. The third-order valence-electron chi connectivity index (χ3n) is 4.02. The fraction of sp³-hybridized carbons (Fsp3) is 0.158. The number of hydrogen-bond acceptors (Lipinski definition) is 3. The average molecular weight is 322 g/mol. The topological polar surface area (TPSA) is 69.6 Å². The van der Waals surface area contributed by atoms with Gasteiger partial charge in [0, 0.05) is 13.6 Å². The van der Waals surface area contributed by atoms with Crippen molar-refractivity contribution >= 4 is 11.8 Å². The molecule has 2 aromatic carbocycles. The quantitative estimate of drug-likeness (QED) is 0.907. The number of carbonyl (C=O) groups is 2. The number of likely N-dealkylation sites (N-methyl/N-ethyl adjacent to an activating group) is 1. The minimum atomic E-state index is -0.521. The summed E-state index contributed by atoms with van der Waals surface area (Å²) in [6, 6.07) is 17.9. The molecule has 122 valence electrons. The van der Waals surface area contributed by atoms with E-state index in [2.05, 4.69) is 5.32 Å². The fourth-order valence-corrected chi connectivity index (χ4v) is 2.61. The van der Waals surface area contributed by atoms with Gasteiger partial charge in [0.05, 0.1) is 12.1 Å². The summed E-state index contributed by atoms with van der Waals surface area (Å²) >= 11 is 0. The van der Waals surface area contributed by atoms with Crippen molar-refractivity contribution in [3.8, 4) is 11.1 Å². The molecule has 0 saturated carbocycles. The van der Waals surface area contributed by atoms with E-state index < -0.39 is 17.6 Å². The summed E-state index contributed by atoms with van der Waals surface area (Å²) in [5.41, 5.74) is 3.30. The van der Waals surface area contributed by atoms with Crippen LogP contribution < -0.4 is 5.32 Å². The van der Waals surface area contributed by atoms with Gasteiger partial charge in [-0.15, -0.1) is 0 Å². The van der Waals surface area contributed by atoms with Crippen molar-refractivity contribution in [2.24, 2.45) is 0 Å². The predicted octanol–water partition coefficient (Wildman–Crippen LogP) is 2.25. The molecule has 3 rings (SSSR count). The van der Waals surface area contributed by atoms with Crippen LogP contribution in [-0.4, -0.2) is 35.4 Å². The maximum Gasteiger partial charge on any atom is 0.289 e. The summed E-state index contributed by atoms with van der Waals surface area (Å²) in [6.07, 6.45) is 0. The molecule has 0 saturated heterocycles. The highest BCUT2D eigenvalue weighted by Crippen LogP contribution is 2.19. The van der Waals surface area contributed by atoms with Crippen LogP contribution in [0.1, 0.15) is 5.56 Å². The van der Waals surface area contributed by atoms with Gasteiger partial charge in [-0.3, -0.25) is 9.59 Å². The minimum Gasteiger partial charge on any atom is -0.503 e. The van der Waals surface area contributed by atoms with Gasteiger partial charge in [-0.2, -0.15) is 0 Å². The number of carbonyl (C=O) groups excluding carboxylic acids is 2. The molecule has 0 bridgehead atoms. The zero-order chi connectivity index (χ0) is 17.1. The van der Waals surface area contributed by atoms with E-state index >= 15 is 0 Å². The molecular formula is C19H18N2O3. The molecule has 0 aromatic heterocycles. The molecular weight excluding hydrogens is 304 g/mol. The Morgan fingerprint density at radius 1 is 1.08 bits per heavy atom. The Labute approximate surface area is 140 Å². The summed E-state index contributed by atoms with van der Waals surface area (Å²) < 4.78 is 0. The lowest BCUT2D eigenvalue weighted by Crippen LogP contribution is -2.27. The molecule has 24 heavy (non-hydrogen) atoms. The van der Waals surface area contributed by atoms with Crippen molar-refractivity contribution in [3.05, 3.63) is 71.5 Å². The Morgan fingerprint density at radius 2 is 1.71 bits per heavy atom. The van der Waals surface area contributed by atoms with E-state index in [-0.39, 0.29) is 12.1 Å². The summed E-state index contributed by atoms with van der Waals surface area (Å²) in [6.45, 7) is 0.464. The first-order valence-electron chi connectivity index (χ1n) is 7.66. The van der Waals surface area contributed by atoms with Crippen LogP contribution in [-0.2, 0) is 16.1 Å². The largest absolute Gasteiger partial charge is 0.503 e. The SMILES string of the molecule is CN1CC(C(=O)NCc2ccc(-c3ccccc3)cc2)=C(O)C1=O. The van der Waals surface area contributed by atoms with Crippen LogP contribution in [0.4, 0.5) is 0 Å². The van der Waals surface area contributed by atoms with Gasteiger partial charge in [0.15, 0.2) is 5.76 Å². The second-order valence-electron chi connectivity index (χ2n) is 5.73. The Kier molecular flexibility index (Phi) is 4.33. The number of nitrogens with one attached hydrogen (secondary N) is 1. The van der Waals surface area contributed by atoms with E-state index in [0.717, 1.165) is 16.7 Å². The van der Waals surface area contributed by atoms with Crippen LogP contribution in [0, 0.1) is 0 Å². The first kappa shape index (κ1) is 15.8. The number of nitrogens with zero attached hydrogens (tertiary/aromatic N) is 1. The van der Waals surface area contributed by atoms with Gasteiger partial charge in [0.25, 0.3) is 11.8 Å². The number of aliphatic hydroxyl groups is 1. The molecule has 0 fully saturated rings. The molecule has 2 amide bonds. The molecule has 1 heterocycles. The summed E-state index contributed by atoms with van der Waals surface area (Å²) in [5, 5.41) is 12.4. The summed E-state index contributed by atoms with van der Waals surface area (Å²) in [7, 11) is 1.54. The van der Waals surface area contributed by atoms with Gasteiger partial charge >= 0.3 is 0 Å². The molecule has 2 aromatic rings. The van der Waals surface area contributed by atoms with Gasteiger partial charge in [-0.05, 0) is 16.7 Å². The van der Waals surface area contributed by atoms with Crippen LogP contribution >= 0.6 is 0 Å². The number of benzene rings is 2. The number of amides is 2. The molecule has 5 heteroatoms. The van der Waals surface area contributed by atoms with Crippen molar-refractivity contribution < 1.29 is 14.7 Å². The summed E-state index contributed by atoms with van der Waals surface area (Å²) in [4.78, 5) is 24.9. The van der Waals surface area contributed by atoms with E-state index in [1.165, 1.54) is 4.90 Å². The smallest absolute Gasteiger partial charge is 0.289 e. The van der Waals surface area contributed by atoms with Crippen LogP contribution in [0.2, 0.25) is 0 Å². The zero-order valence-corrected chi connectivity index (χ0v) is 13.3. The van der Waals surface area contributed by atoms with Crippen molar-refractivity contribution in [2.45, 2.75) is 6.54 Å². The van der Waals surface area contributed by atoms with Crippen molar-refractivity contribution in [2.75, 3.05) is 13.6 Å². The number of rotatable bonds is 4. The van der Waals surface area contributed by atoms with Gasteiger partial charge in [0.2, 0.25) is 0 Å². The molecule has 0 radical (unpaired) electrons. The van der Waals surface area contributed by atoms with Gasteiger partial charge in [0.1, 0.15) is 0 Å². The van der Waals surface area contributed by atoms with Crippen LogP contribution in [0.3, 0.4) is 0 Å². The van der Waals surface area contributed by atoms with E-state index in [1.54, 1.807) is 7.05 Å². The number of hydrogen-bond donors (Lipinski definition) is 2. The average Bonchev–Trinajstić information content (AvgIpc) is 2.88. The van der Waals surface area contributed by atoms with Crippen LogP contribution in [0.25, 0.3) is 11.1 Å². The first-order chi connectivity index (χ1) is 11.6. The van der Waals surface area contributed by atoms with Gasteiger partial charge in [-0.25, -0.2) is 0 Å². The normalized spacial score (nSPS) is 14.2. The standard InChI is InChI=1S/C19H18N2O3/c1-21-12-16(17(22)19(21)24)18(23)20-11-13-7-9-15(10-8-13)14-5-3-2-4-6-14/h2-10,22H,11-12H2,1H3,(H,20,23). The van der Waals surface area contributed by atoms with E-state index in [1.807, 2.05) is 54.6 Å². The molecule has 0 aliphatic carbocycles. The highest BCUT2D eigenvalue weighted by molar-refractivity contribution is 6.06. The third kappa shape index (κ3) is 3.15. The van der Waals surface area contributed by atoms with E-state index in [4.69, 9.17) is 0 Å². The van der Waals surface area contributed by atoms with Gasteiger partial charge < -0.3 is 15.3 Å². The highest BCUT2D eigenvalue weighted by Gasteiger charge is 2.31. The first-order valence-corrected chi connectivity index (χ1v) is 7.66. The molecule has 2 N–H and O–H groups in total. The third-order valence-corrected chi connectivity index (χ3v) is 4.02. The molecule has 0 unspecified atom stereocenters. The monoisotopic (exact) mass is 322 g/mol. The number of aliphatic hydroxyl groups excluding tert-OH is 1. The van der Waals surface area contributed by atoms with E-state index in [0.29, 0.717) is 6.54 Å². The fourth-order valence-electron chi connectivity index (χ4n) is 2.61. The molecule has 0 spiro atoms. The molecule has 5 nitrogen and oxygen atoms in total. The zero-order valence-electron chi connectivity index (χ0n) is 13.3. The maximum atomic E-state index is 12.1. The summed E-state index contributed by atoms with van der Waals surface area (Å²) in [5.74, 6) is -1.40. The Morgan fingerprint density at radius 3 is 2.29 bits per heavy atom. The van der Waals surface area contributed by atoms with Crippen molar-refractivity contribution in [1.29, 1.82) is 0 Å².